The van der Waals surface area contributed by atoms with Gasteiger partial charge in [0.2, 0.25) is 5.91 Å². The first kappa shape index (κ1) is 29.4. The highest BCUT2D eigenvalue weighted by Gasteiger charge is 2.32. The monoisotopic (exact) mass is 536 g/mol. The van der Waals surface area contributed by atoms with Crippen molar-refractivity contribution in [1.29, 1.82) is 0 Å². The fourth-order valence-electron chi connectivity index (χ4n) is 5.70. The van der Waals surface area contributed by atoms with Crippen molar-refractivity contribution in [3.63, 3.8) is 0 Å². The molecule has 1 heterocycles. The van der Waals surface area contributed by atoms with Crippen molar-refractivity contribution >= 4 is 15.9 Å². The molecule has 1 aliphatic heterocycles. The van der Waals surface area contributed by atoms with Crippen LogP contribution < -0.4 is 10.1 Å². The Morgan fingerprint density at radius 2 is 1.89 bits per heavy atom. The average Bonchev–Trinajstić information content (AvgIpc) is 2.89. The zero-order chi connectivity index (χ0) is 27.0. The molecular formula is C27H44N4O5S. The molecule has 9 nitrogen and oxygen atoms in total. The van der Waals surface area contributed by atoms with Gasteiger partial charge in [-0.05, 0) is 69.7 Å². The van der Waals surface area contributed by atoms with Gasteiger partial charge in [-0.1, -0.05) is 6.58 Å². The number of amides is 1. The van der Waals surface area contributed by atoms with Crippen LogP contribution in [0.4, 0.5) is 0 Å². The summed E-state index contributed by atoms with van der Waals surface area (Å²) in [5.41, 5.74) is 1.20. The van der Waals surface area contributed by atoms with E-state index in [0.29, 0.717) is 29.5 Å². The van der Waals surface area contributed by atoms with E-state index in [1.807, 2.05) is 11.8 Å². The number of aryl methyl sites for hydroxylation is 2. The molecule has 2 aliphatic rings. The van der Waals surface area contributed by atoms with E-state index < -0.39 is 10.0 Å². The minimum atomic E-state index is -3.82. The van der Waals surface area contributed by atoms with E-state index >= 15 is 0 Å². The van der Waals surface area contributed by atoms with Gasteiger partial charge in [-0.15, -0.1) is 0 Å². The van der Waals surface area contributed by atoms with Crippen molar-refractivity contribution in [2.75, 3.05) is 59.6 Å². The fraction of sp³-hybridized carbons (Fsp3) is 0.667. The molecule has 1 aromatic rings. The van der Waals surface area contributed by atoms with Crippen LogP contribution in [0.15, 0.2) is 29.8 Å². The summed E-state index contributed by atoms with van der Waals surface area (Å²) >= 11 is 0. The quantitative estimate of drug-likeness (QED) is 0.411. The number of nitrogens with one attached hydrogen (secondary N) is 1. The number of hydrogen-bond acceptors (Lipinski definition) is 7. The van der Waals surface area contributed by atoms with Crippen molar-refractivity contribution < 1.29 is 22.7 Å². The van der Waals surface area contributed by atoms with Gasteiger partial charge in [0, 0.05) is 51.0 Å². The highest BCUT2D eigenvalue weighted by molar-refractivity contribution is 7.89. The van der Waals surface area contributed by atoms with Gasteiger partial charge in [0.15, 0.2) is 0 Å². The first-order chi connectivity index (χ1) is 17.7. The average molecular weight is 537 g/mol. The summed E-state index contributed by atoms with van der Waals surface area (Å²) in [5, 5.41) is 3.41. The van der Waals surface area contributed by atoms with Gasteiger partial charge in [-0.2, -0.15) is 0 Å². The predicted molar refractivity (Wildman–Crippen MR) is 145 cm³/mol. The lowest BCUT2D eigenvalue weighted by molar-refractivity contribution is -0.139. The molecule has 1 N–H and O–H groups in total. The molecule has 3 rings (SSSR count). The van der Waals surface area contributed by atoms with Crippen LogP contribution in [0.25, 0.3) is 0 Å². The van der Waals surface area contributed by atoms with Crippen molar-refractivity contribution in [2.24, 2.45) is 0 Å². The van der Waals surface area contributed by atoms with Crippen LogP contribution in [0.5, 0.6) is 5.75 Å². The van der Waals surface area contributed by atoms with Crippen LogP contribution in [0.3, 0.4) is 0 Å². The number of benzene rings is 1. The molecular weight excluding hydrogens is 492 g/mol. The lowest BCUT2D eigenvalue weighted by Gasteiger charge is -2.42. The number of sulfonamides is 1. The minimum Gasteiger partial charge on any atom is -0.497 e. The van der Waals surface area contributed by atoms with Gasteiger partial charge in [0.25, 0.3) is 10.0 Å². The number of hydrogen-bond donors (Lipinski definition) is 1. The zero-order valence-electron chi connectivity index (χ0n) is 22.9. The molecule has 0 aromatic heterocycles. The fourth-order valence-corrected chi connectivity index (χ4v) is 7.38. The first-order valence-electron chi connectivity index (χ1n) is 13.3. The van der Waals surface area contributed by atoms with Crippen molar-refractivity contribution in [1.82, 2.24) is 19.4 Å². The number of nitrogens with zero attached hydrogens (tertiary/aromatic N) is 3. The highest BCUT2D eigenvalue weighted by Crippen LogP contribution is 2.29. The van der Waals surface area contributed by atoms with Crippen LogP contribution in [0.1, 0.15) is 43.7 Å². The normalized spacial score (nSPS) is 20.9. The first-order valence-corrected chi connectivity index (χ1v) is 14.8. The van der Waals surface area contributed by atoms with E-state index in [9.17, 15) is 13.2 Å². The van der Waals surface area contributed by atoms with Gasteiger partial charge >= 0.3 is 0 Å². The van der Waals surface area contributed by atoms with Gasteiger partial charge < -0.3 is 19.7 Å². The molecule has 1 saturated heterocycles. The SMILES string of the molecule is C=CN(CCOCC(=O)N(CC)[C@H]1CCC[C@@H](N2CCNCC2)C1)S(=O)(=O)c1c(C)cc(OC)cc1C. The molecule has 1 saturated carbocycles. The number of rotatable bonds is 12. The predicted octanol–water partition coefficient (Wildman–Crippen LogP) is 2.53. The Kier molecular flexibility index (Phi) is 10.8. The van der Waals surface area contributed by atoms with Gasteiger partial charge in [0.05, 0.1) is 25.2 Å². The number of methoxy groups -OCH3 is 1. The lowest BCUT2D eigenvalue weighted by Crippen LogP contribution is -2.53. The third-order valence-corrected chi connectivity index (χ3v) is 9.62. The second-order valence-corrected chi connectivity index (χ2v) is 11.7. The Morgan fingerprint density at radius 3 is 2.49 bits per heavy atom. The summed E-state index contributed by atoms with van der Waals surface area (Å²) in [6.45, 7) is 14.1. The van der Waals surface area contributed by atoms with Crippen LogP contribution in [-0.4, -0.2) is 100 Å². The molecule has 1 amide bonds. The Labute approximate surface area is 222 Å². The maximum absolute atomic E-state index is 13.3. The highest BCUT2D eigenvalue weighted by atomic mass is 32.2. The summed E-state index contributed by atoms with van der Waals surface area (Å²) in [6, 6.07) is 4.15. The maximum Gasteiger partial charge on any atom is 0.264 e. The van der Waals surface area contributed by atoms with E-state index in [0.717, 1.165) is 45.4 Å². The van der Waals surface area contributed by atoms with E-state index in [-0.39, 0.29) is 36.6 Å². The Hall–Kier alpha value is -2.14. The molecule has 1 aromatic carbocycles. The molecule has 0 spiro atoms. The third kappa shape index (κ3) is 7.25. The minimum absolute atomic E-state index is 0.0386. The standard InChI is InChI=1S/C27H44N4O5S/c1-6-30(37(33,34)27-21(3)17-25(35-5)18-22(27)4)15-16-36-20-26(32)31(7-2)24-10-8-9-23(19-24)29-13-11-28-12-14-29/h6,17-18,23-24,28H,1,7-16,19-20H2,2-5H3/t23-,24+/m1/s1. The van der Waals surface area contributed by atoms with E-state index in [1.165, 1.54) is 16.9 Å². The van der Waals surface area contributed by atoms with Crippen molar-refractivity contribution in [3.05, 3.63) is 36.0 Å². The van der Waals surface area contributed by atoms with Gasteiger partial charge in [0.1, 0.15) is 12.4 Å². The van der Waals surface area contributed by atoms with E-state index in [4.69, 9.17) is 9.47 Å². The summed E-state index contributed by atoms with van der Waals surface area (Å²) in [5.74, 6) is 0.571. The molecule has 2 atom stereocenters. The molecule has 2 fully saturated rings. The van der Waals surface area contributed by atoms with Gasteiger partial charge in [-0.3, -0.25) is 14.0 Å². The number of ether oxygens (including phenoxy) is 2. The summed E-state index contributed by atoms with van der Waals surface area (Å²) in [7, 11) is -2.27. The van der Waals surface area contributed by atoms with Crippen molar-refractivity contribution in [3.8, 4) is 5.75 Å². The molecule has 0 radical (unpaired) electrons. The molecule has 10 heteroatoms. The molecule has 0 unspecified atom stereocenters. The van der Waals surface area contributed by atoms with E-state index in [1.54, 1.807) is 33.1 Å². The Morgan fingerprint density at radius 1 is 1.22 bits per heavy atom. The van der Waals surface area contributed by atoms with Crippen LogP contribution in [0, 0.1) is 13.8 Å². The summed E-state index contributed by atoms with van der Waals surface area (Å²) < 4.78 is 38.8. The molecule has 1 aliphatic carbocycles. The number of likely N-dealkylation sites (N-methyl/N-ethyl adjacent to an activating group) is 1. The topological polar surface area (TPSA) is 91.4 Å². The number of carbonyl (C=O) groups is 1. The van der Waals surface area contributed by atoms with E-state index in [2.05, 4.69) is 16.8 Å². The van der Waals surface area contributed by atoms with Crippen molar-refractivity contribution in [2.45, 2.75) is 63.4 Å². The zero-order valence-corrected chi connectivity index (χ0v) is 23.7. The summed E-state index contributed by atoms with van der Waals surface area (Å²) in [4.78, 5) is 17.8. The van der Waals surface area contributed by atoms with Crippen LogP contribution in [-0.2, 0) is 19.6 Å². The summed E-state index contributed by atoms with van der Waals surface area (Å²) in [6.07, 6.45) is 5.63. The second-order valence-electron chi connectivity index (χ2n) is 9.88. The largest absolute Gasteiger partial charge is 0.497 e. The smallest absolute Gasteiger partial charge is 0.264 e. The molecule has 0 bridgehead atoms. The third-order valence-electron chi connectivity index (χ3n) is 7.51. The van der Waals surface area contributed by atoms with Crippen LogP contribution >= 0.6 is 0 Å². The number of carbonyl (C=O) groups excluding carboxylic acids is 1. The number of piperazine rings is 1. The maximum atomic E-state index is 13.3. The van der Waals surface area contributed by atoms with Crippen LogP contribution in [0.2, 0.25) is 0 Å². The Bertz CT molecular complexity index is 1000. The lowest BCUT2D eigenvalue weighted by atomic mass is 9.88. The molecule has 37 heavy (non-hydrogen) atoms. The van der Waals surface area contributed by atoms with Gasteiger partial charge in [-0.25, -0.2) is 8.42 Å². The Balaban J connectivity index is 1.54. The second kappa shape index (κ2) is 13.6. The molecule has 208 valence electrons.